The SMILES string of the molecule is C=C(C)CC(O)(C=C(SC)SC)C1CC1c1ccc(OC)cc1. The molecule has 1 aromatic carbocycles. The number of aliphatic hydroxyl groups is 1. The van der Waals surface area contributed by atoms with E-state index < -0.39 is 5.60 Å². The van der Waals surface area contributed by atoms with Crippen LogP contribution in [0.2, 0.25) is 0 Å². The van der Waals surface area contributed by atoms with Crippen LogP contribution in [-0.4, -0.2) is 30.3 Å². The van der Waals surface area contributed by atoms with Gasteiger partial charge in [0.1, 0.15) is 5.75 Å². The maximum absolute atomic E-state index is 11.3. The van der Waals surface area contributed by atoms with Crippen molar-refractivity contribution in [1.29, 1.82) is 0 Å². The third kappa shape index (κ3) is 4.59. The molecule has 0 aliphatic heterocycles. The highest BCUT2D eigenvalue weighted by molar-refractivity contribution is 8.21. The summed E-state index contributed by atoms with van der Waals surface area (Å²) >= 11 is 3.38. The molecule has 0 saturated heterocycles. The van der Waals surface area contributed by atoms with E-state index in [4.69, 9.17) is 4.74 Å². The van der Waals surface area contributed by atoms with Crippen LogP contribution in [0.5, 0.6) is 5.75 Å². The summed E-state index contributed by atoms with van der Waals surface area (Å²) in [4.78, 5) is 0. The molecular formula is C19H26O2S2. The van der Waals surface area contributed by atoms with Crippen molar-refractivity contribution >= 4 is 23.5 Å². The number of rotatable bonds is 8. The van der Waals surface area contributed by atoms with Crippen molar-refractivity contribution in [3.8, 4) is 5.75 Å². The topological polar surface area (TPSA) is 29.5 Å². The van der Waals surface area contributed by atoms with E-state index in [1.165, 1.54) is 5.56 Å². The van der Waals surface area contributed by atoms with Gasteiger partial charge >= 0.3 is 0 Å². The van der Waals surface area contributed by atoms with Crippen molar-refractivity contribution < 1.29 is 9.84 Å². The second-order valence-corrected chi connectivity index (χ2v) is 8.17. The van der Waals surface area contributed by atoms with E-state index in [0.717, 1.165) is 22.0 Å². The molecule has 0 amide bonds. The largest absolute Gasteiger partial charge is 0.497 e. The first-order valence-corrected chi connectivity index (χ1v) is 10.2. The Bertz CT molecular complexity index is 574. The summed E-state index contributed by atoms with van der Waals surface area (Å²) in [7, 11) is 1.68. The molecule has 1 aromatic rings. The second-order valence-electron chi connectivity index (χ2n) is 6.22. The minimum atomic E-state index is -0.808. The third-order valence-electron chi connectivity index (χ3n) is 4.33. The van der Waals surface area contributed by atoms with Crippen LogP contribution in [0.1, 0.15) is 31.2 Å². The zero-order valence-electron chi connectivity index (χ0n) is 14.3. The molecule has 0 radical (unpaired) electrons. The number of methoxy groups -OCH3 is 1. The Labute approximate surface area is 148 Å². The van der Waals surface area contributed by atoms with Crippen LogP contribution in [0.15, 0.2) is 46.7 Å². The predicted molar refractivity (Wildman–Crippen MR) is 103 cm³/mol. The molecule has 0 heterocycles. The summed E-state index contributed by atoms with van der Waals surface area (Å²) in [5, 5.41) is 11.3. The Morgan fingerprint density at radius 3 is 2.43 bits per heavy atom. The zero-order valence-corrected chi connectivity index (χ0v) is 16.0. The molecule has 1 aliphatic carbocycles. The van der Waals surface area contributed by atoms with Crippen molar-refractivity contribution in [2.24, 2.45) is 5.92 Å². The number of thioether (sulfide) groups is 2. The fourth-order valence-corrected chi connectivity index (χ4v) is 4.46. The second kappa shape index (κ2) is 7.82. The van der Waals surface area contributed by atoms with Gasteiger partial charge in [-0.15, -0.1) is 30.1 Å². The van der Waals surface area contributed by atoms with E-state index in [0.29, 0.717) is 12.3 Å². The lowest BCUT2D eigenvalue weighted by Gasteiger charge is -2.27. The number of ether oxygens (including phenoxy) is 1. The number of hydrogen-bond donors (Lipinski definition) is 1. The highest BCUT2D eigenvalue weighted by Crippen LogP contribution is 2.56. The lowest BCUT2D eigenvalue weighted by atomic mass is 9.88. The molecule has 23 heavy (non-hydrogen) atoms. The minimum Gasteiger partial charge on any atom is -0.497 e. The van der Waals surface area contributed by atoms with Crippen LogP contribution in [-0.2, 0) is 0 Å². The number of hydrogen-bond acceptors (Lipinski definition) is 4. The normalized spacial score (nSPS) is 22.1. The Hall–Kier alpha value is -0.840. The molecule has 0 spiro atoms. The van der Waals surface area contributed by atoms with Gasteiger partial charge in [0.25, 0.3) is 0 Å². The summed E-state index contributed by atoms with van der Waals surface area (Å²) in [6.07, 6.45) is 7.79. The van der Waals surface area contributed by atoms with Crippen LogP contribution >= 0.6 is 23.5 Å². The quantitative estimate of drug-likeness (QED) is 0.663. The maximum atomic E-state index is 11.3. The Kier molecular flexibility index (Phi) is 6.29. The van der Waals surface area contributed by atoms with Gasteiger partial charge in [-0.25, -0.2) is 0 Å². The fourth-order valence-electron chi connectivity index (χ4n) is 3.14. The van der Waals surface area contributed by atoms with Crippen LogP contribution in [0.4, 0.5) is 0 Å². The van der Waals surface area contributed by atoms with Crippen LogP contribution < -0.4 is 4.74 Å². The molecule has 4 heteroatoms. The van der Waals surface area contributed by atoms with E-state index in [2.05, 4.69) is 31.2 Å². The lowest BCUT2D eigenvalue weighted by Crippen LogP contribution is -2.30. The summed E-state index contributed by atoms with van der Waals surface area (Å²) in [6, 6.07) is 8.21. The molecule has 0 aromatic heterocycles. The molecular weight excluding hydrogens is 324 g/mol. The summed E-state index contributed by atoms with van der Waals surface area (Å²) in [5.74, 6) is 1.53. The molecule has 1 saturated carbocycles. The highest BCUT2D eigenvalue weighted by atomic mass is 32.2. The smallest absolute Gasteiger partial charge is 0.118 e. The van der Waals surface area contributed by atoms with Gasteiger partial charge in [0.2, 0.25) is 0 Å². The van der Waals surface area contributed by atoms with Gasteiger partial charge in [-0.1, -0.05) is 17.7 Å². The van der Waals surface area contributed by atoms with Crippen molar-refractivity contribution in [2.45, 2.75) is 31.3 Å². The van der Waals surface area contributed by atoms with Crippen molar-refractivity contribution in [3.05, 3.63) is 52.3 Å². The summed E-state index contributed by atoms with van der Waals surface area (Å²) in [6.45, 7) is 6.00. The van der Waals surface area contributed by atoms with E-state index in [-0.39, 0.29) is 5.92 Å². The molecule has 3 atom stereocenters. The summed E-state index contributed by atoms with van der Waals surface area (Å²) < 4.78 is 6.38. The van der Waals surface area contributed by atoms with Crippen LogP contribution in [0, 0.1) is 5.92 Å². The monoisotopic (exact) mass is 350 g/mol. The first-order chi connectivity index (χ1) is 10.9. The average Bonchev–Trinajstić information content (AvgIpc) is 3.33. The van der Waals surface area contributed by atoms with Gasteiger partial charge < -0.3 is 9.84 Å². The minimum absolute atomic E-state index is 0.252. The maximum Gasteiger partial charge on any atom is 0.118 e. The van der Waals surface area contributed by atoms with Gasteiger partial charge in [0.05, 0.1) is 12.7 Å². The van der Waals surface area contributed by atoms with E-state index in [1.807, 2.05) is 25.1 Å². The molecule has 2 nitrogen and oxygen atoms in total. The third-order valence-corrected chi connectivity index (χ3v) is 6.37. The van der Waals surface area contributed by atoms with Gasteiger partial charge in [-0.05, 0) is 61.5 Å². The average molecular weight is 351 g/mol. The predicted octanol–water partition coefficient (Wildman–Crippen LogP) is 5.06. The molecule has 2 rings (SSSR count). The lowest BCUT2D eigenvalue weighted by molar-refractivity contribution is 0.0658. The molecule has 1 fully saturated rings. The Morgan fingerprint density at radius 2 is 1.96 bits per heavy atom. The van der Waals surface area contributed by atoms with Crippen molar-refractivity contribution in [2.75, 3.05) is 19.6 Å². The Morgan fingerprint density at radius 1 is 1.35 bits per heavy atom. The van der Waals surface area contributed by atoms with Gasteiger partial charge in [-0.3, -0.25) is 0 Å². The van der Waals surface area contributed by atoms with Gasteiger partial charge in [-0.2, -0.15) is 0 Å². The highest BCUT2D eigenvalue weighted by Gasteiger charge is 2.51. The first-order valence-electron chi connectivity index (χ1n) is 7.75. The molecule has 126 valence electrons. The van der Waals surface area contributed by atoms with Gasteiger partial charge in [0, 0.05) is 10.7 Å². The molecule has 1 aliphatic rings. The van der Waals surface area contributed by atoms with E-state index in [1.54, 1.807) is 30.6 Å². The van der Waals surface area contributed by atoms with Crippen molar-refractivity contribution in [3.63, 3.8) is 0 Å². The summed E-state index contributed by atoms with van der Waals surface area (Å²) in [5.41, 5.74) is 1.49. The standard InChI is InChI=1S/C19H26O2S2/c1-13(2)11-19(20,12-18(22-4)23-5)17-10-16(17)14-6-8-15(21-3)9-7-14/h6-9,12,16-17,20H,1,10-11H2,2-5H3. The number of benzene rings is 1. The van der Waals surface area contributed by atoms with E-state index in [9.17, 15) is 5.11 Å². The molecule has 1 N–H and O–H groups in total. The van der Waals surface area contributed by atoms with Crippen molar-refractivity contribution in [1.82, 2.24) is 0 Å². The first kappa shape index (κ1) is 18.5. The van der Waals surface area contributed by atoms with Crippen LogP contribution in [0.3, 0.4) is 0 Å². The van der Waals surface area contributed by atoms with Gasteiger partial charge in [0.15, 0.2) is 0 Å². The zero-order chi connectivity index (χ0) is 17.0. The fraction of sp³-hybridized carbons (Fsp3) is 0.474. The van der Waals surface area contributed by atoms with E-state index >= 15 is 0 Å². The molecule has 0 bridgehead atoms. The molecule has 3 unspecified atom stereocenters. The van der Waals surface area contributed by atoms with Crippen LogP contribution in [0.25, 0.3) is 0 Å². The Balaban J connectivity index is 2.21.